The summed E-state index contributed by atoms with van der Waals surface area (Å²) in [5.74, 6) is 0.161. The number of phenolic OH excluding ortho intramolecular Hbond substituents is 2. The van der Waals surface area contributed by atoms with Gasteiger partial charge in [-0.05, 0) is 53.3 Å². The van der Waals surface area contributed by atoms with Gasteiger partial charge in [0.2, 0.25) is 0 Å². The lowest BCUT2D eigenvalue weighted by molar-refractivity contribution is 0.474. The molecule has 0 heterocycles. The number of hydrogen-bond donors (Lipinski definition) is 2. The maximum atomic E-state index is 9.94. The number of halogens is 3. The minimum absolute atomic E-state index is 0.0177. The van der Waals surface area contributed by atoms with Crippen LogP contribution in [0, 0.1) is 0 Å². The van der Waals surface area contributed by atoms with Crippen LogP contribution in [0.15, 0.2) is 91.0 Å². The van der Waals surface area contributed by atoms with Crippen LogP contribution in [0.4, 0.5) is 0 Å². The lowest BCUT2D eigenvalue weighted by Crippen LogP contribution is -1.98. The molecule has 0 atom stereocenters. The van der Waals surface area contributed by atoms with Gasteiger partial charge in [-0.3, -0.25) is 0 Å². The van der Waals surface area contributed by atoms with Gasteiger partial charge in [0.25, 0.3) is 0 Å². The van der Waals surface area contributed by atoms with Gasteiger partial charge in [0, 0.05) is 0 Å². The average molecular weight is 472 g/mol. The molecule has 0 aromatic heterocycles. The van der Waals surface area contributed by atoms with Crippen LogP contribution in [0.25, 0.3) is 0 Å². The summed E-state index contributed by atoms with van der Waals surface area (Å²) < 4.78 is 0. The Labute approximate surface area is 197 Å². The lowest BCUT2D eigenvalue weighted by Gasteiger charge is -2.13. The summed E-state index contributed by atoms with van der Waals surface area (Å²) in [5.41, 5.74) is 4.57. The molecular formula is C26H21Cl3O2. The van der Waals surface area contributed by atoms with E-state index < -0.39 is 0 Å². The molecule has 0 spiro atoms. The number of hydrogen-bond acceptors (Lipinski definition) is 2. The van der Waals surface area contributed by atoms with E-state index in [1.807, 2.05) is 42.5 Å². The van der Waals surface area contributed by atoms with Gasteiger partial charge in [-0.25, -0.2) is 0 Å². The van der Waals surface area contributed by atoms with Gasteiger partial charge in [0.1, 0.15) is 16.5 Å². The van der Waals surface area contributed by atoms with Crippen molar-refractivity contribution in [1.29, 1.82) is 0 Å². The maximum absolute atomic E-state index is 9.94. The van der Waals surface area contributed by atoms with E-state index in [0.717, 1.165) is 24.0 Å². The van der Waals surface area contributed by atoms with Gasteiger partial charge in [0.15, 0.2) is 0 Å². The van der Waals surface area contributed by atoms with Gasteiger partial charge in [0.05, 0.1) is 10.0 Å². The van der Waals surface area contributed by atoms with Crippen molar-refractivity contribution in [3.63, 3.8) is 0 Å². The van der Waals surface area contributed by atoms with E-state index in [0.29, 0.717) is 10.0 Å². The largest absolute Gasteiger partial charge is 0.506 e. The molecule has 4 aromatic rings. The standard InChI is InChI=1S/C20H17ClO.C6H4Cl2O/c21-20-18(14-16-9-5-2-6-10-16)17(11-12-19(20)22)13-15-7-3-1-4-8-15;7-4-2-1-3-5(9)6(4)8/h1-12,22H,13-14H2;1-3,9H. The molecule has 2 nitrogen and oxygen atoms in total. The Morgan fingerprint density at radius 1 is 0.516 bits per heavy atom. The van der Waals surface area contributed by atoms with Crippen LogP contribution in [-0.4, -0.2) is 10.2 Å². The number of rotatable bonds is 4. The zero-order chi connectivity index (χ0) is 22.2. The zero-order valence-electron chi connectivity index (χ0n) is 16.6. The predicted octanol–water partition coefficient (Wildman–Crippen LogP) is 7.93. The van der Waals surface area contributed by atoms with E-state index in [2.05, 4.69) is 24.3 Å². The Bertz CT molecular complexity index is 1110. The van der Waals surface area contributed by atoms with Crippen LogP contribution in [0.5, 0.6) is 11.5 Å². The van der Waals surface area contributed by atoms with Crippen LogP contribution in [-0.2, 0) is 12.8 Å². The molecule has 0 aliphatic carbocycles. The first-order valence-electron chi connectivity index (χ1n) is 9.65. The van der Waals surface area contributed by atoms with E-state index in [9.17, 15) is 5.11 Å². The number of phenols is 2. The third-order valence-corrected chi connectivity index (χ3v) is 5.94. The minimum Gasteiger partial charge on any atom is -0.506 e. The average Bonchev–Trinajstić information content (AvgIpc) is 2.79. The first-order valence-corrected chi connectivity index (χ1v) is 10.8. The van der Waals surface area contributed by atoms with Crippen LogP contribution in [0.1, 0.15) is 22.3 Å². The molecule has 0 fully saturated rings. The molecule has 0 aliphatic rings. The molecule has 0 unspecified atom stereocenters. The molecule has 0 bridgehead atoms. The van der Waals surface area contributed by atoms with Gasteiger partial charge in [-0.2, -0.15) is 0 Å². The van der Waals surface area contributed by atoms with Crippen molar-refractivity contribution in [2.75, 3.05) is 0 Å². The molecule has 4 rings (SSSR count). The summed E-state index contributed by atoms with van der Waals surface area (Å²) in [4.78, 5) is 0. The van der Waals surface area contributed by atoms with Crippen molar-refractivity contribution in [2.24, 2.45) is 0 Å². The van der Waals surface area contributed by atoms with E-state index in [1.165, 1.54) is 17.2 Å². The topological polar surface area (TPSA) is 40.5 Å². The Morgan fingerprint density at radius 3 is 1.61 bits per heavy atom. The van der Waals surface area contributed by atoms with Crippen molar-refractivity contribution < 1.29 is 10.2 Å². The van der Waals surface area contributed by atoms with Crippen LogP contribution >= 0.6 is 34.8 Å². The summed E-state index contributed by atoms with van der Waals surface area (Å²) in [6, 6.07) is 28.8. The molecule has 5 heteroatoms. The predicted molar refractivity (Wildman–Crippen MR) is 130 cm³/mol. The summed E-state index contributed by atoms with van der Waals surface area (Å²) >= 11 is 17.4. The second-order valence-corrected chi connectivity index (χ2v) is 8.10. The van der Waals surface area contributed by atoms with E-state index in [-0.39, 0.29) is 16.5 Å². The smallest absolute Gasteiger partial charge is 0.135 e. The van der Waals surface area contributed by atoms with Gasteiger partial charge < -0.3 is 10.2 Å². The summed E-state index contributed by atoms with van der Waals surface area (Å²) in [5, 5.41) is 19.9. The SMILES string of the molecule is Oc1ccc(Cc2ccccc2)c(Cc2ccccc2)c1Cl.Oc1cccc(Cl)c1Cl. The molecule has 0 aliphatic heterocycles. The van der Waals surface area contributed by atoms with E-state index >= 15 is 0 Å². The monoisotopic (exact) mass is 470 g/mol. The highest BCUT2D eigenvalue weighted by molar-refractivity contribution is 6.42. The Morgan fingerprint density at radius 2 is 1.06 bits per heavy atom. The minimum atomic E-state index is 0.0177. The third kappa shape index (κ3) is 6.41. The molecule has 0 radical (unpaired) electrons. The fraction of sp³-hybridized carbons (Fsp3) is 0.0769. The molecule has 158 valence electrons. The summed E-state index contributed by atoms with van der Waals surface area (Å²) in [6.45, 7) is 0. The molecule has 0 amide bonds. The van der Waals surface area contributed by atoms with Crippen molar-refractivity contribution in [3.8, 4) is 11.5 Å². The lowest BCUT2D eigenvalue weighted by atomic mass is 9.95. The molecule has 0 saturated carbocycles. The van der Waals surface area contributed by atoms with Gasteiger partial charge in [-0.1, -0.05) is 108 Å². The van der Waals surface area contributed by atoms with Crippen molar-refractivity contribution >= 4 is 34.8 Å². The quantitative estimate of drug-likeness (QED) is 0.317. The van der Waals surface area contributed by atoms with Crippen molar-refractivity contribution in [2.45, 2.75) is 12.8 Å². The fourth-order valence-electron chi connectivity index (χ4n) is 3.11. The Balaban J connectivity index is 0.000000254. The van der Waals surface area contributed by atoms with Crippen LogP contribution < -0.4 is 0 Å². The van der Waals surface area contributed by atoms with Crippen LogP contribution in [0.2, 0.25) is 15.1 Å². The highest BCUT2D eigenvalue weighted by Crippen LogP contribution is 2.33. The Hall–Kier alpha value is -2.65. The number of benzene rings is 4. The van der Waals surface area contributed by atoms with Gasteiger partial charge >= 0.3 is 0 Å². The highest BCUT2D eigenvalue weighted by atomic mass is 35.5. The zero-order valence-corrected chi connectivity index (χ0v) is 18.9. The molecule has 0 saturated heterocycles. The second kappa shape index (κ2) is 11.1. The maximum Gasteiger partial charge on any atom is 0.135 e. The molecule has 4 aromatic carbocycles. The summed E-state index contributed by atoms with van der Waals surface area (Å²) in [6.07, 6.45) is 1.53. The van der Waals surface area contributed by atoms with Crippen LogP contribution in [0.3, 0.4) is 0 Å². The van der Waals surface area contributed by atoms with E-state index in [4.69, 9.17) is 39.9 Å². The molecule has 31 heavy (non-hydrogen) atoms. The second-order valence-electron chi connectivity index (χ2n) is 6.93. The first kappa shape index (κ1) is 23.0. The molecular weight excluding hydrogens is 451 g/mol. The summed E-state index contributed by atoms with van der Waals surface area (Å²) in [7, 11) is 0. The highest BCUT2D eigenvalue weighted by Gasteiger charge is 2.12. The third-order valence-electron chi connectivity index (χ3n) is 4.71. The number of aromatic hydroxyl groups is 2. The van der Waals surface area contributed by atoms with Crippen molar-refractivity contribution in [3.05, 3.63) is 128 Å². The Kier molecular flexibility index (Phi) is 8.25. The van der Waals surface area contributed by atoms with Gasteiger partial charge in [-0.15, -0.1) is 0 Å². The fourth-order valence-corrected chi connectivity index (χ4v) is 3.66. The first-order chi connectivity index (χ1) is 15.0. The molecule has 2 N–H and O–H groups in total. The van der Waals surface area contributed by atoms with Crippen molar-refractivity contribution in [1.82, 2.24) is 0 Å². The normalized spacial score (nSPS) is 10.3. The van der Waals surface area contributed by atoms with E-state index in [1.54, 1.807) is 18.2 Å².